The van der Waals surface area contributed by atoms with E-state index in [1.165, 1.54) is 0 Å². The molecule has 0 aliphatic heterocycles. The molecule has 0 bridgehead atoms. The molecule has 0 amide bonds. The third kappa shape index (κ3) is 8.82. The normalized spacial score (nSPS) is 5.67. The van der Waals surface area contributed by atoms with E-state index in [1.807, 2.05) is 0 Å². The van der Waals surface area contributed by atoms with Crippen LogP contribution in [0.5, 0.6) is 0 Å². The Morgan fingerprint density at radius 2 is 1.67 bits per heavy atom. The summed E-state index contributed by atoms with van der Waals surface area (Å²) in [7, 11) is 2.87. The second-order valence-electron chi connectivity index (χ2n) is 1.07. The van der Waals surface area contributed by atoms with E-state index in [-0.39, 0.29) is 21.7 Å². The fraction of sp³-hybridized carbons (Fsp3) is 1.00. The molecule has 0 spiro atoms. The Hall–Kier alpha value is 0.531. The summed E-state index contributed by atoms with van der Waals surface area (Å²) < 4.78 is 11.3. The molecule has 0 saturated heterocycles. The van der Waals surface area contributed by atoms with Crippen molar-refractivity contribution in [1.82, 2.24) is 4.57 Å². The molecule has 0 aromatic carbocycles. The summed E-state index contributed by atoms with van der Waals surface area (Å²) in [5, 5.41) is 0. The van der Waals surface area contributed by atoms with Crippen molar-refractivity contribution >= 4 is 9.57 Å². The minimum atomic E-state index is -0.685. The van der Waals surface area contributed by atoms with Gasteiger partial charge < -0.3 is 9.03 Å². The molecule has 0 aliphatic carbocycles. The first kappa shape index (κ1) is 9.73. The van der Waals surface area contributed by atoms with Gasteiger partial charge in [-0.15, -0.1) is 0 Å². The molecule has 32 valence electrons. The van der Waals surface area contributed by atoms with E-state index >= 15 is 0 Å². The van der Waals surface area contributed by atoms with Crippen molar-refractivity contribution in [3.8, 4) is 0 Å². The van der Waals surface area contributed by atoms with Gasteiger partial charge in [0.1, 0.15) is 0 Å². The summed E-state index contributed by atoms with van der Waals surface area (Å²) in [6, 6.07) is 0. The molecule has 6 heavy (non-hydrogen) atoms. The molecule has 0 aromatic rings. The van der Waals surface area contributed by atoms with Gasteiger partial charge in [0.05, 0.1) is 0 Å². The molecule has 0 heterocycles. The largest absolute Gasteiger partial charge is 2.00 e. The van der Waals surface area contributed by atoms with E-state index < -0.39 is 9.57 Å². The second-order valence-corrected chi connectivity index (χ2v) is 2.31. The van der Waals surface area contributed by atoms with Crippen LogP contribution >= 0.6 is 0 Å². The van der Waals surface area contributed by atoms with Crippen LogP contribution in [0.4, 0.5) is 0 Å². The van der Waals surface area contributed by atoms with E-state index in [9.17, 15) is 4.46 Å². The van der Waals surface area contributed by atoms with Crippen LogP contribution in [0.1, 0.15) is 0 Å². The molecule has 0 aliphatic rings. The molecule has 0 rings (SSSR count). The van der Waals surface area contributed by atoms with Crippen molar-refractivity contribution in [2.75, 3.05) is 14.1 Å². The number of rotatable bonds is 1. The first-order valence-electron chi connectivity index (χ1n) is 1.39. The fourth-order valence-electron chi connectivity index (χ4n) is 0. The monoisotopic (exact) mass is 137 g/mol. The van der Waals surface area contributed by atoms with Crippen LogP contribution in [-0.2, 0) is 26.2 Å². The maximum absolute atomic E-state index is 9.64. The molecule has 2 nitrogen and oxygen atoms in total. The summed E-state index contributed by atoms with van der Waals surface area (Å²) in [6.07, 6.45) is 0. The van der Waals surface area contributed by atoms with Crippen molar-refractivity contribution in [2.45, 2.75) is 0 Å². The summed E-state index contributed by atoms with van der Waals surface area (Å²) in [5.74, 6) is 0. The third-order valence-corrected chi connectivity index (χ3v) is 0.632. The SMILES string of the molecule is CN(C)[SiH]=O.[Ti+2]. The fourth-order valence-corrected chi connectivity index (χ4v) is 0. The molecule has 0 radical (unpaired) electrons. The number of hydrogen-bond donors (Lipinski definition) is 0. The predicted molar refractivity (Wildman–Crippen MR) is 21.5 cm³/mol. The quantitative estimate of drug-likeness (QED) is 0.443. The van der Waals surface area contributed by atoms with Crippen molar-refractivity contribution in [3.63, 3.8) is 0 Å². The molecule has 0 unspecified atom stereocenters. The number of nitrogens with zero attached hydrogens (tertiary/aromatic N) is 1. The van der Waals surface area contributed by atoms with Crippen LogP contribution in [0, 0.1) is 0 Å². The Morgan fingerprint density at radius 3 is 1.67 bits per heavy atom. The third-order valence-electron chi connectivity index (χ3n) is 0.211. The maximum atomic E-state index is 9.64. The molecule has 0 fully saturated rings. The van der Waals surface area contributed by atoms with E-state index in [0.29, 0.717) is 0 Å². The van der Waals surface area contributed by atoms with Gasteiger partial charge in [0.15, 0.2) is 0 Å². The van der Waals surface area contributed by atoms with Crippen molar-refractivity contribution in [3.05, 3.63) is 0 Å². The summed E-state index contributed by atoms with van der Waals surface area (Å²) in [4.78, 5) is 0. The molecular weight excluding hydrogens is 130 g/mol. The van der Waals surface area contributed by atoms with Crippen LogP contribution in [0.25, 0.3) is 0 Å². The van der Waals surface area contributed by atoms with Gasteiger partial charge in [-0.2, -0.15) is 0 Å². The first-order valence-corrected chi connectivity index (χ1v) is 2.38. The maximum Gasteiger partial charge on any atom is 2.00 e. The van der Waals surface area contributed by atoms with Gasteiger partial charge in [-0.1, -0.05) is 0 Å². The smallest absolute Gasteiger partial charge is 0.385 e. The van der Waals surface area contributed by atoms with Crippen LogP contribution in [0.15, 0.2) is 0 Å². The zero-order valence-electron chi connectivity index (χ0n) is 3.93. The summed E-state index contributed by atoms with van der Waals surface area (Å²) in [5.41, 5.74) is 0. The molecule has 0 atom stereocenters. The molecule has 0 aromatic heterocycles. The van der Waals surface area contributed by atoms with Gasteiger partial charge in [0.25, 0.3) is 0 Å². The summed E-state index contributed by atoms with van der Waals surface area (Å²) >= 11 is 0. The molecule has 0 saturated carbocycles. The van der Waals surface area contributed by atoms with Gasteiger partial charge in [-0.05, 0) is 14.1 Å². The molecule has 4 heteroatoms. The Balaban J connectivity index is 0. The minimum absolute atomic E-state index is 0. The Labute approximate surface area is 54.8 Å². The van der Waals surface area contributed by atoms with E-state index in [0.717, 1.165) is 0 Å². The first-order chi connectivity index (χ1) is 2.27. The van der Waals surface area contributed by atoms with Gasteiger partial charge in [-0.25, -0.2) is 0 Å². The minimum Gasteiger partial charge on any atom is -0.385 e. The average Bonchev–Trinajstić information content (AvgIpc) is 1.38. The Morgan fingerprint density at radius 1 is 1.50 bits per heavy atom. The van der Waals surface area contributed by atoms with Gasteiger partial charge in [0.2, 0.25) is 0 Å². The van der Waals surface area contributed by atoms with Crippen LogP contribution in [0.3, 0.4) is 0 Å². The van der Waals surface area contributed by atoms with Gasteiger partial charge >= 0.3 is 31.3 Å². The van der Waals surface area contributed by atoms with Gasteiger partial charge in [-0.3, -0.25) is 0 Å². The van der Waals surface area contributed by atoms with Crippen molar-refractivity contribution in [2.24, 2.45) is 0 Å². The summed E-state index contributed by atoms with van der Waals surface area (Å²) in [6.45, 7) is 0. The standard InChI is InChI=1S/C2H7NOSi.Ti/c1-3(2)5-4;/h5H,1-2H3;/q;+2. The molecular formula is C2H7NOSiTi+2. The number of hydrogen-bond acceptors (Lipinski definition) is 1. The van der Waals surface area contributed by atoms with Crippen molar-refractivity contribution in [1.29, 1.82) is 0 Å². The average molecular weight is 137 g/mol. The zero-order chi connectivity index (χ0) is 4.28. The van der Waals surface area contributed by atoms with Crippen LogP contribution in [-0.4, -0.2) is 28.2 Å². The topological polar surface area (TPSA) is 20.3 Å². The van der Waals surface area contributed by atoms with E-state index in [4.69, 9.17) is 0 Å². The second kappa shape index (κ2) is 5.53. The van der Waals surface area contributed by atoms with Crippen LogP contribution in [0.2, 0.25) is 0 Å². The van der Waals surface area contributed by atoms with E-state index in [1.54, 1.807) is 18.7 Å². The zero-order valence-corrected chi connectivity index (χ0v) is 6.65. The van der Waals surface area contributed by atoms with Crippen LogP contribution < -0.4 is 0 Å². The Kier molecular flexibility index (Phi) is 8.97. The molecule has 0 N–H and O–H groups in total. The van der Waals surface area contributed by atoms with Crippen molar-refractivity contribution < 1.29 is 26.2 Å². The predicted octanol–water partition coefficient (Wildman–Crippen LogP) is -0.758. The Bertz CT molecular complexity index is 40.5. The van der Waals surface area contributed by atoms with Gasteiger partial charge in [0, 0.05) is 0 Å². The van der Waals surface area contributed by atoms with E-state index in [2.05, 4.69) is 0 Å².